The van der Waals surface area contributed by atoms with Crippen molar-refractivity contribution in [2.45, 2.75) is 25.9 Å². The Hall–Kier alpha value is -3.15. The molecule has 1 aliphatic heterocycles. The third kappa shape index (κ3) is 2.29. The van der Waals surface area contributed by atoms with Crippen LogP contribution in [0.25, 0.3) is 33.8 Å². The molecule has 0 aliphatic carbocycles. The molecule has 0 spiro atoms. The predicted molar refractivity (Wildman–Crippen MR) is 99.9 cm³/mol. The maximum absolute atomic E-state index is 5.97. The Balaban J connectivity index is 1.62. The van der Waals surface area contributed by atoms with Crippen LogP contribution in [-0.2, 0) is 13.5 Å². The van der Waals surface area contributed by atoms with Crippen LogP contribution in [0.4, 0.5) is 0 Å². The summed E-state index contributed by atoms with van der Waals surface area (Å²) in [6, 6.07) is 10.2. The van der Waals surface area contributed by atoms with Gasteiger partial charge in [0.2, 0.25) is 0 Å². The van der Waals surface area contributed by atoms with E-state index in [0.717, 1.165) is 46.0 Å². The molecule has 1 aliphatic rings. The van der Waals surface area contributed by atoms with Crippen LogP contribution >= 0.6 is 0 Å². The molecule has 0 bridgehead atoms. The molecule has 0 amide bonds. The summed E-state index contributed by atoms with van der Waals surface area (Å²) in [5, 5.41) is 4.59. The number of ether oxygens (including phenoxy) is 1. The SMILES string of the molecule is Cn1nc(-c2cccnc2)c2[nH]c(-c3ccc4c(c3)CC(C)(C)O4)nc21. The molecule has 3 aromatic heterocycles. The van der Waals surface area contributed by atoms with E-state index in [2.05, 4.69) is 41.0 Å². The summed E-state index contributed by atoms with van der Waals surface area (Å²) in [5.74, 6) is 1.80. The number of H-pyrrole nitrogens is 1. The van der Waals surface area contributed by atoms with E-state index in [1.807, 2.05) is 31.4 Å². The summed E-state index contributed by atoms with van der Waals surface area (Å²) in [4.78, 5) is 12.4. The number of imidazole rings is 1. The summed E-state index contributed by atoms with van der Waals surface area (Å²) >= 11 is 0. The number of pyridine rings is 1. The van der Waals surface area contributed by atoms with Crippen LogP contribution in [0.2, 0.25) is 0 Å². The van der Waals surface area contributed by atoms with Crippen molar-refractivity contribution in [3.8, 4) is 28.4 Å². The molecule has 5 rings (SSSR count). The molecular weight excluding hydrogens is 326 g/mol. The molecule has 1 N–H and O–H groups in total. The van der Waals surface area contributed by atoms with Gasteiger partial charge in [0.1, 0.15) is 28.4 Å². The van der Waals surface area contributed by atoms with Crippen LogP contribution in [0.5, 0.6) is 5.75 Å². The number of nitrogens with one attached hydrogen (secondary N) is 1. The fraction of sp³-hybridized carbons (Fsp3) is 0.250. The van der Waals surface area contributed by atoms with E-state index >= 15 is 0 Å². The number of hydrogen-bond donors (Lipinski definition) is 1. The molecule has 6 nitrogen and oxygen atoms in total. The zero-order chi connectivity index (χ0) is 17.9. The largest absolute Gasteiger partial charge is 0.487 e. The minimum Gasteiger partial charge on any atom is -0.487 e. The van der Waals surface area contributed by atoms with Gasteiger partial charge in [-0.3, -0.25) is 4.98 Å². The van der Waals surface area contributed by atoms with Crippen molar-refractivity contribution in [3.05, 3.63) is 48.3 Å². The van der Waals surface area contributed by atoms with Gasteiger partial charge >= 0.3 is 0 Å². The molecule has 26 heavy (non-hydrogen) atoms. The first-order valence-electron chi connectivity index (χ1n) is 8.66. The zero-order valence-corrected chi connectivity index (χ0v) is 14.9. The van der Waals surface area contributed by atoms with E-state index in [-0.39, 0.29) is 5.60 Å². The Morgan fingerprint density at radius 2 is 2.08 bits per heavy atom. The van der Waals surface area contributed by atoms with Gasteiger partial charge in [-0.15, -0.1) is 0 Å². The highest BCUT2D eigenvalue weighted by Gasteiger charge is 2.30. The van der Waals surface area contributed by atoms with Crippen LogP contribution in [0.1, 0.15) is 19.4 Å². The minimum atomic E-state index is -0.147. The minimum absolute atomic E-state index is 0.147. The van der Waals surface area contributed by atoms with Gasteiger partial charge in [-0.25, -0.2) is 9.67 Å². The molecule has 0 fully saturated rings. The van der Waals surface area contributed by atoms with Gasteiger partial charge in [-0.05, 0) is 49.7 Å². The van der Waals surface area contributed by atoms with Crippen LogP contribution in [0.15, 0.2) is 42.7 Å². The van der Waals surface area contributed by atoms with Gasteiger partial charge in [0.05, 0.1) is 0 Å². The maximum atomic E-state index is 5.97. The Kier molecular flexibility index (Phi) is 3.01. The van der Waals surface area contributed by atoms with E-state index in [9.17, 15) is 0 Å². The molecule has 0 radical (unpaired) electrons. The second-order valence-corrected chi connectivity index (χ2v) is 7.36. The number of fused-ring (bicyclic) bond motifs is 2. The average Bonchev–Trinajstić information content (AvgIpc) is 3.26. The summed E-state index contributed by atoms with van der Waals surface area (Å²) in [6.45, 7) is 4.22. The van der Waals surface area contributed by atoms with Gasteiger partial charge in [-0.1, -0.05) is 0 Å². The molecule has 130 valence electrons. The molecule has 1 aromatic carbocycles. The first-order valence-corrected chi connectivity index (χ1v) is 8.66. The second-order valence-electron chi connectivity index (χ2n) is 7.36. The van der Waals surface area contributed by atoms with Gasteiger partial charge < -0.3 is 9.72 Å². The Morgan fingerprint density at radius 1 is 1.19 bits per heavy atom. The fourth-order valence-corrected chi connectivity index (χ4v) is 3.61. The Morgan fingerprint density at radius 3 is 2.88 bits per heavy atom. The van der Waals surface area contributed by atoms with Gasteiger partial charge in [-0.2, -0.15) is 5.10 Å². The average molecular weight is 345 g/mol. The van der Waals surface area contributed by atoms with Crippen molar-refractivity contribution in [1.29, 1.82) is 0 Å². The van der Waals surface area contributed by atoms with E-state index in [1.165, 1.54) is 5.56 Å². The molecule has 4 heterocycles. The van der Waals surface area contributed by atoms with Gasteiger partial charge in [0.15, 0.2) is 5.65 Å². The number of rotatable bonds is 2. The lowest BCUT2D eigenvalue weighted by Gasteiger charge is -2.16. The maximum Gasteiger partial charge on any atom is 0.177 e. The Bertz CT molecular complexity index is 1120. The van der Waals surface area contributed by atoms with Gasteiger partial charge in [0.25, 0.3) is 0 Å². The monoisotopic (exact) mass is 345 g/mol. The first kappa shape index (κ1) is 15.1. The number of hydrogen-bond acceptors (Lipinski definition) is 4. The number of benzene rings is 1. The number of aryl methyl sites for hydroxylation is 1. The van der Waals surface area contributed by atoms with Crippen molar-refractivity contribution in [2.24, 2.45) is 7.05 Å². The number of aromatic amines is 1. The highest BCUT2D eigenvalue weighted by Crippen LogP contribution is 2.37. The third-order valence-corrected chi connectivity index (χ3v) is 4.75. The predicted octanol–water partition coefficient (Wildman–Crippen LogP) is 3.74. The van der Waals surface area contributed by atoms with Crippen LogP contribution in [0, 0.1) is 0 Å². The Labute approximate surface area is 150 Å². The van der Waals surface area contributed by atoms with Crippen molar-refractivity contribution >= 4 is 11.2 Å². The van der Waals surface area contributed by atoms with Gasteiger partial charge in [0, 0.05) is 37.0 Å². The van der Waals surface area contributed by atoms with Crippen molar-refractivity contribution in [3.63, 3.8) is 0 Å². The van der Waals surface area contributed by atoms with E-state index in [0.29, 0.717) is 0 Å². The molecule has 0 saturated heterocycles. The topological polar surface area (TPSA) is 68.6 Å². The smallest absolute Gasteiger partial charge is 0.177 e. The van der Waals surface area contributed by atoms with E-state index in [1.54, 1.807) is 10.9 Å². The number of nitrogens with zero attached hydrogens (tertiary/aromatic N) is 4. The van der Waals surface area contributed by atoms with Crippen molar-refractivity contribution in [2.75, 3.05) is 0 Å². The molecular formula is C20H19N5O. The third-order valence-electron chi connectivity index (χ3n) is 4.75. The lowest BCUT2D eigenvalue weighted by molar-refractivity contribution is 0.138. The second kappa shape index (κ2) is 5.17. The molecule has 0 unspecified atom stereocenters. The fourth-order valence-electron chi connectivity index (χ4n) is 3.61. The highest BCUT2D eigenvalue weighted by atomic mass is 16.5. The lowest BCUT2D eigenvalue weighted by atomic mass is 10.00. The van der Waals surface area contributed by atoms with E-state index in [4.69, 9.17) is 9.72 Å². The first-order chi connectivity index (χ1) is 12.5. The quantitative estimate of drug-likeness (QED) is 0.601. The molecule has 4 aromatic rings. The standard InChI is InChI=1S/C20H19N5O/c1-20(2)10-14-9-12(6-7-15(14)26-20)18-22-17-16(13-5-4-8-21-11-13)24-25(3)19(17)23-18/h4-9,11H,10H2,1-3H3,(H,22,23). The van der Waals surface area contributed by atoms with Crippen LogP contribution < -0.4 is 4.74 Å². The summed E-state index contributed by atoms with van der Waals surface area (Å²) < 4.78 is 7.78. The van der Waals surface area contributed by atoms with Crippen LogP contribution in [0.3, 0.4) is 0 Å². The summed E-state index contributed by atoms with van der Waals surface area (Å²) in [7, 11) is 1.91. The number of aromatic nitrogens is 5. The van der Waals surface area contributed by atoms with Crippen molar-refractivity contribution in [1.82, 2.24) is 24.7 Å². The van der Waals surface area contributed by atoms with E-state index < -0.39 is 0 Å². The summed E-state index contributed by atoms with van der Waals surface area (Å²) in [6.07, 6.45) is 4.48. The molecule has 6 heteroatoms. The molecule has 0 atom stereocenters. The summed E-state index contributed by atoms with van der Waals surface area (Å²) in [5.41, 5.74) is 5.71. The van der Waals surface area contributed by atoms with Crippen molar-refractivity contribution < 1.29 is 4.74 Å². The zero-order valence-electron chi connectivity index (χ0n) is 14.9. The lowest BCUT2D eigenvalue weighted by Crippen LogP contribution is -2.24. The molecule has 0 saturated carbocycles. The highest BCUT2D eigenvalue weighted by molar-refractivity contribution is 5.90. The normalized spacial score (nSPS) is 15.2. The van der Waals surface area contributed by atoms with Crippen LogP contribution in [-0.4, -0.2) is 30.3 Å².